The van der Waals surface area contributed by atoms with Gasteiger partial charge in [0.1, 0.15) is 12.5 Å². The van der Waals surface area contributed by atoms with Gasteiger partial charge in [0, 0.05) is 44.9 Å². The number of alkyl halides is 2. The second kappa shape index (κ2) is 14.1. The predicted molar refractivity (Wildman–Crippen MR) is 240 cm³/mol. The predicted octanol–water partition coefficient (Wildman–Crippen LogP) is 14.2. The maximum absolute atomic E-state index is 17.2. The number of fused-ring (bicyclic) bond motifs is 4. The minimum atomic E-state index is -3.30. The number of para-hydroxylation sites is 4. The molecule has 2 aromatic heterocycles. The molecule has 3 heterocycles. The molecule has 6 heteroatoms. The Bertz CT molecular complexity index is 2940. The highest BCUT2D eigenvalue weighted by Crippen LogP contribution is 2.50. The molecule has 9 aromatic rings. The molecule has 7 aromatic carbocycles. The number of aromatic nitrogens is 2. The van der Waals surface area contributed by atoms with Crippen LogP contribution in [0.15, 0.2) is 188 Å². The molecule has 1 aliphatic rings. The molecule has 59 heavy (non-hydrogen) atoms. The molecular weight excluding hydrogens is 731 g/mol. The molecule has 1 aliphatic heterocycles. The van der Waals surface area contributed by atoms with E-state index in [2.05, 4.69) is 116 Å². The molecule has 0 bridgehead atoms. The Kier molecular flexibility index (Phi) is 8.68. The van der Waals surface area contributed by atoms with Crippen LogP contribution in [0.3, 0.4) is 0 Å². The number of hydrogen-bond acceptors (Lipinski definition) is 3. The molecule has 0 spiro atoms. The van der Waals surface area contributed by atoms with Crippen molar-refractivity contribution in [2.24, 2.45) is 0 Å². The smallest absolute Gasteiger partial charge is 0.298 e. The van der Waals surface area contributed by atoms with Gasteiger partial charge in [0.05, 0.1) is 28.1 Å². The van der Waals surface area contributed by atoms with Crippen molar-refractivity contribution in [2.45, 2.75) is 32.1 Å². The Labute approximate surface area is 343 Å². The lowest BCUT2D eigenvalue weighted by Crippen LogP contribution is -2.25. The van der Waals surface area contributed by atoms with Gasteiger partial charge < -0.3 is 9.80 Å². The molecular formula is C53H42F2N4. The van der Waals surface area contributed by atoms with Gasteiger partial charge in [-0.2, -0.15) is 8.78 Å². The van der Waals surface area contributed by atoms with Crippen LogP contribution in [0.5, 0.6) is 0 Å². The third kappa shape index (κ3) is 6.23. The summed E-state index contributed by atoms with van der Waals surface area (Å²) in [4.78, 5) is 9.22. The first-order chi connectivity index (χ1) is 28.7. The van der Waals surface area contributed by atoms with Crippen molar-refractivity contribution in [1.29, 1.82) is 0 Å². The fourth-order valence-corrected chi connectivity index (χ4v) is 8.62. The zero-order valence-electron chi connectivity index (χ0n) is 33.1. The first kappa shape index (κ1) is 36.3. The fraction of sp³-hybridized carbons (Fsp3) is 0.113. The topological polar surface area (TPSA) is 24.3 Å². The minimum Gasteiger partial charge on any atom is -0.321 e. The third-order valence-electron chi connectivity index (χ3n) is 11.6. The van der Waals surface area contributed by atoms with Crippen molar-refractivity contribution in [2.75, 3.05) is 16.5 Å². The Morgan fingerprint density at radius 2 is 1.08 bits per heavy atom. The van der Waals surface area contributed by atoms with Crippen LogP contribution in [0.4, 0.5) is 31.5 Å². The standard InChI is InChI=1S/C53H42F2N4/c1-52(2,3)38-30-31-56-50(34-38)59-46-25-11-10-22-44(46)45-29-28-40(33-49(45)59)53(54,55)39-20-14-21-41(32-39)57-35-58(48-27-13-12-26-47(48)57)51-42(36-16-6-4-7-17-36)23-15-24-43(51)37-18-8-5-9-19-37/h4-34H,35H2,1-3H3. The van der Waals surface area contributed by atoms with Crippen LogP contribution in [0.25, 0.3) is 49.9 Å². The maximum Gasteiger partial charge on any atom is 0.298 e. The lowest BCUT2D eigenvalue weighted by molar-refractivity contribution is 0.0430. The van der Waals surface area contributed by atoms with E-state index >= 15 is 8.78 Å². The van der Waals surface area contributed by atoms with Gasteiger partial charge in [0.15, 0.2) is 0 Å². The minimum absolute atomic E-state index is 0.0737. The van der Waals surface area contributed by atoms with Crippen molar-refractivity contribution in [3.05, 3.63) is 205 Å². The summed E-state index contributed by atoms with van der Waals surface area (Å²) in [6.07, 6.45) is 1.81. The fourth-order valence-electron chi connectivity index (χ4n) is 8.62. The van der Waals surface area contributed by atoms with Crippen molar-refractivity contribution in [3.63, 3.8) is 0 Å². The van der Waals surface area contributed by atoms with Crippen LogP contribution < -0.4 is 9.80 Å². The zero-order chi connectivity index (χ0) is 40.3. The van der Waals surface area contributed by atoms with Gasteiger partial charge in [-0.15, -0.1) is 0 Å². The lowest BCUT2D eigenvalue weighted by Gasteiger charge is -2.27. The van der Waals surface area contributed by atoms with E-state index < -0.39 is 5.92 Å². The summed E-state index contributed by atoms with van der Waals surface area (Å²) in [6.45, 7) is 6.92. The lowest BCUT2D eigenvalue weighted by atomic mass is 9.88. The summed E-state index contributed by atoms with van der Waals surface area (Å²) < 4.78 is 36.3. The van der Waals surface area contributed by atoms with Gasteiger partial charge in [-0.3, -0.25) is 4.57 Å². The zero-order valence-corrected chi connectivity index (χ0v) is 33.1. The number of rotatable bonds is 7. The Morgan fingerprint density at radius 1 is 0.492 bits per heavy atom. The summed E-state index contributed by atoms with van der Waals surface area (Å²) in [5, 5.41) is 1.89. The number of pyridine rings is 1. The first-order valence-electron chi connectivity index (χ1n) is 20.0. The van der Waals surface area contributed by atoms with E-state index in [0.29, 0.717) is 23.7 Å². The first-order valence-corrected chi connectivity index (χ1v) is 20.0. The summed E-state index contributed by atoms with van der Waals surface area (Å²) in [5.41, 5.74) is 10.6. The third-order valence-corrected chi connectivity index (χ3v) is 11.6. The Hall–Kier alpha value is -7.05. The van der Waals surface area contributed by atoms with E-state index in [1.165, 1.54) is 6.07 Å². The average Bonchev–Trinajstić information content (AvgIpc) is 3.82. The number of halogens is 2. The number of hydrogen-bond donors (Lipinski definition) is 0. The Morgan fingerprint density at radius 3 is 1.78 bits per heavy atom. The molecule has 0 saturated carbocycles. The second-order valence-electron chi connectivity index (χ2n) is 16.3. The number of anilines is 4. The molecule has 10 rings (SSSR count). The molecule has 0 fully saturated rings. The van der Waals surface area contributed by atoms with Crippen LogP contribution in [-0.4, -0.2) is 16.2 Å². The quantitative estimate of drug-likeness (QED) is 0.161. The number of nitrogens with zero attached hydrogens (tertiary/aromatic N) is 4. The normalized spacial score (nSPS) is 13.0. The highest BCUT2D eigenvalue weighted by atomic mass is 19.3. The molecule has 0 unspecified atom stereocenters. The van der Waals surface area contributed by atoms with E-state index in [1.807, 2.05) is 71.3 Å². The van der Waals surface area contributed by atoms with Gasteiger partial charge in [0.25, 0.3) is 5.92 Å². The summed E-state index contributed by atoms with van der Waals surface area (Å²) in [5.74, 6) is -2.60. The SMILES string of the molecule is CC(C)(C)c1ccnc(-n2c3ccccc3c3ccc(C(F)(F)c4cccc(N5CN(c6c(-c7ccccc7)cccc6-c6ccccc6)c6ccccc65)c4)cc32)c1. The van der Waals surface area contributed by atoms with E-state index in [0.717, 1.165) is 61.2 Å². The Balaban J connectivity index is 1.07. The van der Waals surface area contributed by atoms with E-state index in [9.17, 15) is 0 Å². The van der Waals surface area contributed by atoms with Crippen molar-refractivity contribution in [1.82, 2.24) is 9.55 Å². The highest BCUT2D eigenvalue weighted by Gasteiger charge is 2.37. The van der Waals surface area contributed by atoms with Crippen LogP contribution >= 0.6 is 0 Å². The number of benzene rings is 7. The molecule has 0 aliphatic carbocycles. The molecule has 0 saturated heterocycles. The summed E-state index contributed by atoms with van der Waals surface area (Å²) >= 11 is 0. The van der Waals surface area contributed by atoms with E-state index in [-0.39, 0.29) is 16.5 Å². The molecule has 4 nitrogen and oxygen atoms in total. The van der Waals surface area contributed by atoms with Crippen molar-refractivity contribution < 1.29 is 8.78 Å². The van der Waals surface area contributed by atoms with Gasteiger partial charge in [-0.1, -0.05) is 154 Å². The highest BCUT2D eigenvalue weighted by molar-refractivity contribution is 6.09. The molecule has 0 atom stereocenters. The largest absolute Gasteiger partial charge is 0.321 e. The maximum atomic E-state index is 17.2. The van der Waals surface area contributed by atoms with Crippen LogP contribution in [-0.2, 0) is 11.3 Å². The van der Waals surface area contributed by atoms with Gasteiger partial charge in [-0.25, -0.2) is 4.98 Å². The van der Waals surface area contributed by atoms with E-state index in [4.69, 9.17) is 4.98 Å². The van der Waals surface area contributed by atoms with Crippen molar-refractivity contribution >= 4 is 44.6 Å². The van der Waals surface area contributed by atoms with Gasteiger partial charge in [-0.05, 0) is 70.6 Å². The van der Waals surface area contributed by atoms with Crippen LogP contribution in [0.2, 0.25) is 0 Å². The monoisotopic (exact) mass is 772 g/mol. The van der Waals surface area contributed by atoms with Gasteiger partial charge >= 0.3 is 0 Å². The van der Waals surface area contributed by atoms with Crippen LogP contribution in [0.1, 0.15) is 37.5 Å². The van der Waals surface area contributed by atoms with Crippen molar-refractivity contribution in [3.8, 4) is 28.1 Å². The molecule has 0 radical (unpaired) electrons. The van der Waals surface area contributed by atoms with Crippen LogP contribution in [0, 0.1) is 0 Å². The summed E-state index contributed by atoms with van der Waals surface area (Å²) in [6, 6.07) is 59.5. The molecule has 0 amide bonds. The average molecular weight is 773 g/mol. The molecule has 0 N–H and O–H groups in total. The second-order valence-corrected chi connectivity index (χ2v) is 16.3. The van der Waals surface area contributed by atoms with E-state index in [1.54, 1.807) is 30.5 Å². The van der Waals surface area contributed by atoms with Gasteiger partial charge in [0.2, 0.25) is 0 Å². The summed E-state index contributed by atoms with van der Waals surface area (Å²) in [7, 11) is 0. The molecule has 288 valence electrons.